The van der Waals surface area contributed by atoms with Crippen LogP contribution in [0.5, 0.6) is 5.75 Å². The summed E-state index contributed by atoms with van der Waals surface area (Å²) in [7, 11) is -2.12. The molecule has 1 aliphatic heterocycles. The van der Waals surface area contributed by atoms with E-state index in [1.54, 1.807) is 25.3 Å². The second kappa shape index (κ2) is 9.40. The van der Waals surface area contributed by atoms with E-state index in [1.165, 1.54) is 4.31 Å². The van der Waals surface area contributed by atoms with Gasteiger partial charge in [-0.1, -0.05) is 32.0 Å². The molecule has 3 rings (SSSR count). The van der Waals surface area contributed by atoms with Crippen LogP contribution >= 0.6 is 0 Å². The van der Waals surface area contributed by atoms with Crippen LogP contribution in [0.1, 0.15) is 49.3 Å². The molecular formula is C24H32N2O4S. The second-order valence-corrected chi connectivity index (χ2v) is 10.5. The number of hydrogen-bond acceptors (Lipinski definition) is 4. The Kier molecular flexibility index (Phi) is 7.06. The Bertz CT molecular complexity index is 1060. The number of carbonyl (C=O) groups excluding carboxylic acids is 1. The summed E-state index contributed by atoms with van der Waals surface area (Å²) in [4.78, 5) is 13.3. The van der Waals surface area contributed by atoms with E-state index < -0.39 is 10.0 Å². The number of methoxy groups -OCH3 is 1. The Morgan fingerprint density at radius 2 is 1.90 bits per heavy atom. The maximum Gasteiger partial charge on any atom is 0.243 e. The predicted octanol–water partition coefficient (Wildman–Crippen LogP) is 4.47. The van der Waals surface area contributed by atoms with Crippen molar-refractivity contribution in [2.45, 2.75) is 51.3 Å². The Labute approximate surface area is 185 Å². The van der Waals surface area contributed by atoms with Gasteiger partial charge in [0.1, 0.15) is 5.75 Å². The van der Waals surface area contributed by atoms with Crippen LogP contribution < -0.4 is 10.1 Å². The molecule has 168 valence electrons. The SMILES string of the molecule is COc1ccc(S(=O)(=O)N2CCCC(C(=O)Nc3c(C)cccc3C(C)C)C2)cc1C. The molecule has 7 heteroatoms. The molecule has 1 heterocycles. The average Bonchev–Trinajstić information content (AvgIpc) is 2.74. The van der Waals surface area contributed by atoms with Gasteiger partial charge in [-0.2, -0.15) is 4.31 Å². The van der Waals surface area contributed by atoms with Crippen molar-refractivity contribution in [3.05, 3.63) is 53.1 Å². The molecule has 6 nitrogen and oxygen atoms in total. The van der Waals surface area contributed by atoms with E-state index >= 15 is 0 Å². The summed E-state index contributed by atoms with van der Waals surface area (Å²) in [6.45, 7) is 8.58. The fourth-order valence-electron chi connectivity index (χ4n) is 4.10. The van der Waals surface area contributed by atoms with Gasteiger partial charge in [0.05, 0.1) is 17.9 Å². The van der Waals surface area contributed by atoms with E-state index in [2.05, 4.69) is 19.2 Å². The summed E-state index contributed by atoms with van der Waals surface area (Å²) >= 11 is 0. The van der Waals surface area contributed by atoms with E-state index in [-0.39, 0.29) is 29.2 Å². The first-order chi connectivity index (χ1) is 14.6. The van der Waals surface area contributed by atoms with Crippen LogP contribution in [0, 0.1) is 19.8 Å². The van der Waals surface area contributed by atoms with E-state index in [9.17, 15) is 13.2 Å². The van der Waals surface area contributed by atoms with Crippen LogP contribution in [0.2, 0.25) is 0 Å². The number of benzene rings is 2. The topological polar surface area (TPSA) is 75.7 Å². The Balaban J connectivity index is 1.79. The number of nitrogens with one attached hydrogen (secondary N) is 1. The number of aryl methyl sites for hydroxylation is 2. The van der Waals surface area contributed by atoms with E-state index in [0.29, 0.717) is 25.1 Å². The van der Waals surface area contributed by atoms with Gasteiger partial charge in [0.2, 0.25) is 15.9 Å². The number of amides is 1. The molecule has 0 saturated carbocycles. The third kappa shape index (κ3) is 4.93. The number of piperidine rings is 1. The standard InChI is InChI=1S/C24H32N2O4S/c1-16(2)21-10-6-8-17(3)23(21)25-24(27)19-9-7-13-26(15-19)31(28,29)20-11-12-22(30-5)18(4)14-20/h6,8,10-12,14,16,19H,7,9,13,15H2,1-5H3,(H,25,27). The third-order valence-electron chi connectivity index (χ3n) is 5.93. The molecule has 0 bridgehead atoms. The smallest absolute Gasteiger partial charge is 0.243 e. The monoisotopic (exact) mass is 444 g/mol. The zero-order valence-corrected chi connectivity index (χ0v) is 19.8. The first-order valence-electron chi connectivity index (χ1n) is 10.7. The first-order valence-corrected chi connectivity index (χ1v) is 12.1. The molecule has 1 aliphatic rings. The zero-order valence-electron chi connectivity index (χ0n) is 18.9. The van der Waals surface area contributed by atoms with Crippen LogP contribution in [0.25, 0.3) is 0 Å². The summed E-state index contributed by atoms with van der Waals surface area (Å²) in [6, 6.07) is 10.9. The Morgan fingerprint density at radius 1 is 1.16 bits per heavy atom. The van der Waals surface area contributed by atoms with Gasteiger partial charge in [-0.05, 0) is 67.5 Å². The third-order valence-corrected chi connectivity index (χ3v) is 7.80. The molecule has 0 aromatic heterocycles. The lowest BCUT2D eigenvalue weighted by atomic mass is 9.95. The molecule has 0 aliphatic carbocycles. The highest BCUT2D eigenvalue weighted by molar-refractivity contribution is 7.89. The molecule has 2 aromatic carbocycles. The number of rotatable bonds is 6. The number of ether oxygens (including phenoxy) is 1. The molecule has 1 fully saturated rings. The molecule has 0 spiro atoms. The van der Waals surface area contributed by atoms with Gasteiger partial charge in [0.25, 0.3) is 0 Å². The number of nitrogens with zero attached hydrogens (tertiary/aromatic N) is 1. The van der Waals surface area contributed by atoms with Gasteiger partial charge >= 0.3 is 0 Å². The highest BCUT2D eigenvalue weighted by atomic mass is 32.2. The van der Waals surface area contributed by atoms with Gasteiger partial charge < -0.3 is 10.1 Å². The largest absolute Gasteiger partial charge is 0.496 e. The van der Waals surface area contributed by atoms with Crippen molar-refractivity contribution >= 4 is 21.6 Å². The lowest BCUT2D eigenvalue weighted by Crippen LogP contribution is -2.43. The maximum atomic E-state index is 13.2. The normalized spacial score (nSPS) is 17.5. The van der Waals surface area contributed by atoms with Crippen molar-refractivity contribution in [2.75, 3.05) is 25.5 Å². The molecule has 1 unspecified atom stereocenters. The second-order valence-electron chi connectivity index (χ2n) is 8.52. The van der Waals surface area contributed by atoms with E-state index in [0.717, 1.165) is 22.4 Å². The molecule has 31 heavy (non-hydrogen) atoms. The summed E-state index contributed by atoms with van der Waals surface area (Å²) in [5.41, 5.74) is 3.69. The number of hydrogen-bond donors (Lipinski definition) is 1. The van der Waals surface area contributed by atoms with Crippen LogP contribution in [-0.4, -0.2) is 38.8 Å². The highest BCUT2D eigenvalue weighted by Crippen LogP contribution is 2.30. The minimum atomic E-state index is -3.68. The van der Waals surface area contributed by atoms with Crippen molar-refractivity contribution in [1.29, 1.82) is 0 Å². The van der Waals surface area contributed by atoms with Crippen molar-refractivity contribution in [1.82, 2.24) is 4.31 Å². The quantitative estimate of drug-likeness (QED) is 0.713. The molecule has 1 N–H and O–H groups in total. The predicted molar refractivity (Wildman–Crippen MR) is 123 cm³/mol. The minimum Gasteiger partial charge on any atom is -0.496 e. The Morgan fingerprint density at radius 3 is 2.55 bits per heavy atom. The minimum absolute atomic E-state index is 0.123. The summed E-state index contributed by atoms with van der Waals surface area (Å²) in [5, 5.41) is 3.09. The number of carbonyl (C=O) groups is 1. The number of sulfonamides is 1. The van der Waals surface area contributed by atoms with Crippen molar-refractivity contribution in [2.24, 2.45) is 5.92 Å². The first kappa shape index (κ1) is 23.3. The molecule has 1 amide bonds. The van der Waals surface area contributed by atoms with Crippen LogP contribution in [-0.2, 0) is 14.8 Å². The molecule has 2 aromatic rings. The molecular weight excluding hydrogens is 412 g/mol. The lowest BCUT2D eigenvalue weighted by Gasteiger charge is -2.31. The zero-order chi connectivity index (χ0) is 22.8. The van der Waals surface area contributed by atoms with Gasteiger partial charge in [-0.25, -0.2) is 8.42 Å². The van der Waals surface area contributed by atoms with E-state index in [4.69, 9.17) is 4.74 Å². The summed E-state index contributed by atoms with van der Waals surface area (Å²) in [6.07, 6.45) is 1.32. The van der Waals surface area contributed by atoms with Crippen LogP contribution in [0.15, 0.2) is 41.3 Å². The number of para-hydroxylation sites is 1. The van der Waals surface area contributed by atoms with Gasteiger partial charge in [-0.15, -0.1) is 0 Å². The molecule has 1 atom stereocenters. The van der Waals surface area contributed by atoms with Crippen molar-refractivity contribution in [3.8, 4) is 5.75 Å². The van der Waals surface area contributed by atoms with Crippen molar-refractivity contribution in [3.63, 3.8) is 0 Å². The van der Waals surface area contributed by atoms with Crippen LogP contribution in [0.4, 0.5) is 5.69 Å². The number of anilines is 1. The average molecular weight is 445 g/mol. The van der Waals surface area contributed by atoms with E-state index in [1.807, 2.05) is 32.0 Å². The fourth-order valence-corrected chi connectivity index (χ4v) is 5.71. The fraction of sp³-hybridized carbons (Fsp3) is 0.458. The van der Waals surface area contributed by atoms with Gasteiger partial charge in [-0.3, -0.25) is 4.79 Å². The van der Waals surface area contributed by atoms with Crippen molar-refractivity contribution < 1.29 is 17.9 Å². The van der Waals surface area contributed by atoms with Gasteiger partial charge in [0.15, 0.2) is 0 Å². The molecule has 1 saturated heterocycles. The highest BCUT2D eigenvalue weighted by Gasteiger charge is 2.34. The van der Waals surface area contributed by atoms with Gasteiger partial charge in [0, 0.05) is 18.8 Å². The summed E-state index contributed by atoms with van der Waals surface area (Å²) < 4.78 is 33.1. The van der Waals surface area contributed by atoms with Crippen LogP contribution in [0.3, 0.4) is 0 Å². The summed E-state index contributed by atoms with van der Waals surface area (Å²) in [5.74, 6) is 0.412. The maximum absolute atomic E-state index is 13.2. The Hall–Kier alpha value is -2.38. The lowest BCUT2D eigenvalue weighted by molar-refractivity contribution is -0.120. The molecule has 0 radical (unpaired) electrons.